The predicted molar refractivity (Wildman–Crippen MR) is 74.5 cm³/mol. The number of fused-ring (bicyclic) bond motifs is 1. The van der Waals surface area contributed by atoms with Gasteiger partial charge in [-0.25, -0.2) is 9.97 Å². The highest BCUT2D eigenvalue weighted by atomic mass is 35.5. The molecule has 0 amide bonds. The molecule has 0 saturated heterocycles. The van der Waals surface area contributed by atoms with Crippen LogP contribution in [0.2, 0.25) is 0 Å². The standard InChI is InChI=1S/C14H14ClN3O/c1-10-8-16-14(19-10)9-18-12-5-3-2-4-11(12)17-13(18)6-7-15/h2-5,8H,6-7,9H2,1H3. The largest absolute Gasteiger partial charge is 0.444 e. The van der Waals surface area contributed by atoms with E-state index in [4.69, 9.17) is 16.0 Å². The van der Waals surface area contributed by atoms with Crippen LogP contribution in [-0.4, -0.2) is 20.4 Å². The van der Waals surface area contributed by atoms with Crippen molar-refractivity contribution >= 4 is 22.6 Å². The van der Waals surface area contributed by atoms with Gasteiger partial charge in [-0.05, 0) is 19.1 Å². The smallest absolute Gasteiger partial charge is 0.214 e. The summed E-state index contributed by atoms with van der Waals surface area (Å²) in [4.78, 5) is 8.86. The maximum absolute atomic E-state index is 5.85. The number of hydrogen-bond acceptors (Lipinski definition) is 3. The molecule has 3 aromatic rings. The SMILES string of the molecule is Cc1cnc(Cn2c(CCCl)nc3ccccc32)o1. The molecule has 5 heteroatoms. The molecule has 0 saturated carbocycles. The molecule has 2 aromatic heterocycles. The van der Waals surface area contributed by atoms with E-state index in [9.17, 15) is 0 Å². The minimum absolute atomic E-state index is 0.550. The number of oxazole rings is 1. The molecule has 0 radical (unpaired) electrons. The van der Waals surface area contributed by atoms with Crippen LogP contribution in [0.25, 0.3) is 11.0 Å². The van der Waals surface area contributed by atoms with Crippen molar-refractivity contribution in [2.45, 2.75) is 19.9 Å². The van der Waals surface area contributed by atoms with Crippen molar-refractivity contribution in [3.05, 3.63) is 47.9 Å². The van der Waals surface area contributed by atoms with Gasteiger partial charge in [0.25, 0.3) is 0 Å². The van der Waals surface area contributed by atoms with Crippen LogP contribution in [0.5, 0.6) is 0 Å². The monoisotopic (exact) mass is 275 g/mol. The number of nitrogens with zero attached hydrogens (tertiary/aromatic N) is 3. The number of alkyl halides is 1. The Kier molecular flexibility index (Phi) is 3.25. The number of benzene rings is 1. The van der Waals surface area contributed by atoms with E-state index in [0.717, 1.165) is 29.0 Å². The summed E-state index contributed by atoms with van der Waals surface area (Å²) in [6.45, 7) is 2.47. The Bertz CT molecular complexity index is 702. The molecule has 0 aliphatic heterocycles. The highest BCUT2D eigenvalue weighted by molar-refractivity contribution is 6.17. The first-order valence-corrected chi connectivity index (χ1v) is 6.73. The topological polar surface area (TPSA) is 43.9 Å². The van der Waals surface area contributed by atoms with Crippen molar-refractivity contribution in [2.24, 2.45) is 0 Å². The maximum atomic E-state index is 5.85. The second-order valence-corrected chi connectivity index (χ2v) is 4.78. The van der Waals surface area contributed by atoms with Gasteiger partial charge in [-0.3, -0.25) is 0 Å². The quantitative estimate of drug-likeness (QED) is 0.687. The van der Waals surface area contributed by atoms with E-state index in [1.54, 1.807) is 6.20 Å². The van der Waals surface area contributed by atoms with E-state index in [1.165, 1.54) is 0 Å². The third kappa shape index (κ3) is 2.36. The molecule has 0 atom stereocenters. The maximum Gasteiger partial charge on any atom is 0.214 e. The number of para-hydroxylation sites is 2. The number of imidazole rings is 1. The molecule has 98 valence electrons. The zero-order valence-corrected chi connectivity index (χ0v) is 11.4. The molecule has 0 N–H and O–H groups in total. The van der Waals surface area contributed by atoms with Crippen molar-refractivity contribution in [1.82, 2.24) is 14.5 Å². The normalized spacial score (nSPS) is 11.3. The lowest BCUT2D eigenvalue weighted by atomic mass is 10.3. The highest BCUT2D eigenvalue weighted by Gasteiger charge is 2.12. The lowest BCUT2D eigenvalue weighted by Crippen LogP contribution is -2.06. The molecule has 0 unspecified atom stereocenters. The average molecular weight is 276 g/mol. The second kappa shape index (κ2) is 5.05. The number of rotatable bonds is 4. The van der Waals surface area contributed by atoms with Crippen molar-refractivity contribution in [3.63, 3.8) is 0 Å². The van der Waals surface area contributed by atoms with Gasteiger partial charge < -0.3 is 8.98 Å². The van der Waals surface area contributed by atoms with E-state index in [-0.39, 0.29) is 0 Å². The van der Waals surface area contributed by atoms with E-state index in [0.29, 0.717) is 18.3 Å². The van der Waals surface area contributed by atoms with Crippen LogP contribution in [0.1, 0.15) is 17.5 Å². The summed E-state index contributed by atoms with van der Waals surface area (Å²) in [5.41, 5.74) is 2.06. The van der Waals surface area contributed by atoms with Gasteiger partial charge in [0.1, 0.15) is 18.1 Å². The molecular formula is C14H14ClN3O. The first-order valence-electron chi connectivity index (χ1n) is 6.19. The summed E-state index contributed by atoms with van der Waals surface area (Å²) in [6, 6.07) is 8.05. The summed E-state index contributed by atoms with van der Waals surface area (Å²) in [7, 11) is 0. The van der Waals surface area contributed by atoms with Crippen LogP contribution >= 0.6 is 11.6 Å². The summed E-state index contributed by atoms with van der Waals surface area (Å²) in [5, 5.41) is 0. The minimum atomic E-state index is 0.550. The van der Waals surface area contributed by atoms with E-state index >= 15 is 0 Å². The van der Waals surface area contributed by atoms with E-state index in [2.05, 4.69) is 20.6 Å². The Labute approximate surface area is 116 Å². The molecule has 0 fully saturated rings. The van der Waals surface area contributed by atoms with Crippen molar-refractivity contribution in [2.75, 3.05) is 5.88 Å². The molecule has 0 aliphatic rings. The van der Waals surface area contributed by atoms with Gasteiger partial charge >= 0.3 is 0 Å². The fraction of sp³-hybridized carbons (Fsp3) is 0.286. The molecular weight excluding hydrogens is 262 g/mol. The van der Waals surface area contributed by atoms with Gasteiger partial charge in [0, 0.05) is 12.3 Å². The number of hydrogen-bond donors (Lipinski definition) is 0. The summed E-state index contributed by atoms with van der Waals surface area (Å²) in [6.07, 6.45) is 2.46. The zero-order valence-electron chi connectivity index (χ0n) is 10.6. The summed E-state index contributed by atoms with van der Waals surface area (Å²) < 4.78 is 7.66. The first-order chi connectivity index (χ1) is 9.28. The fourth-order valence-corrected chi connectivity index (χ4v) is 2.36. The molecule has 3 rings (SSSR count). The summed E-state index contributed by atoms with van der Waals surface area (Å²) in [5.74, 6) is 3.02. The Morgan fingerprint density at radius 1 is 1.32 bits per heavy atom. The number of aryl methyl sites for hydroxylation is 2. The van der Waals surface area contributed by atoms with Crippen LogP contribution in [0.3, 0.4) is 0 Å². The Hall–Kier alpha value is -1.81. The lowest BCUT2D eigenvalue weighted by Gasteiger charge is -2.05. The molecule has 4 nitrogen and oxygen atoms in total. The molecule has 19 heavy (non-hydrogen) atoms. The highest BCUT2D eigenvalue weighted by Crippen LogP contribution is 2.18. The Morgan fingerprint density at radius 3 is 2.89 bits per heavy atom. The van der Waals surface area contributed by atoms with Gasteiger partial charge in [0.2, 0.25) is 5.89 Å². The van der Waals surface area contributed by atoms with Crippen molar-refractivity contribution in [1.29, 1.82) is 0 Å². The van der Waals surface area contributed by atoms with Gasteiger partial charge in [0.15, 0.2) is 0 Å². The van der Waals surface area contributed by atoms with Crippen LogP contribution in [-0.2, 0) is 13.0 Å². The molecule has 0 aliphatic carbocycles. The van der Waals surface area contributed by atoms with Crippen LogP contribution in [0, 0.1) is 6.92 Å². The fourth-order valence-electron chi connectivity index (χ4n) is 2.19. The Morgan fingerprint density at radius 2 is 2.16 bits per heavy atom. The molecule has 0 bridgehead atoms. The molecule has 0 spiro atoms. The van der Waals surface area contributed by atoms with Gasteiger partial charge in [-0.2, -0.15) is 0 Å². The second-order valence-electron chi connectivity index (χ2n) is 4.41. The van der Waals surface area contributed by atoms with Gasteiger partial charge in [-0.1, -0.05) is 12.1 Å². The minimum Gasteiger partial charge on any atom is -0.444 e. The van der Waals surface area contributed by atoms with Crippen molar-refractivity contribution in [3.8, 4) is 0 Å². The van der Waals surface area contributed by atoms with E-state index < -0.39 is 0 Å². The van der Waals surface area contributed by atoms with Gasteiger partial charge in [-0.15, -0.1) is 11.6 Å². The van der Waals surface area contributed by atoms with Crippen molar-refractivity contribution < 1.29 is 4.42 Å². The molecule has 1 aromatic carbocycles. The third-order valence-electron chi connectivity index (χ3n) is 3.01. The third-order valence-corrected chi connectivity index (χ3v) is 3.20. The predicted octanol–water partition coefficient (Wildman–Crippen LogP) is 3.16. The van der Waals surface area contributed by atoms with Crippen LogP contribution in [0.15, 0.2) is 34.9 Å². The number of aromatic nitrogens is 3. The van der Waals surface area contributed by atoms with Crippen LogP contribution < -0.4 is 0 Å². The van der Waals surface area contributed by atoms with E-state index in [1.807, 2.05) is 25.1 Å². The Balaban J connectivity index is 2.06. The first kappa shape index (κ1) is 12.2. The molecule has 2 heterocycles. The van der Waals surface area contributed by atoms with Gasteiger partial charge in [0.05, 0.1) is 17.2 Å². The average Bonchev–Trinajstić information content (AvgIpc) is 2.96. The lowest BCUT2D eigenvalue weighted by molar-refractivity contribution is 0.456. The van der Waals surface area contributed by atoms with Crippen LogP contribution in [0.4, 0.5) is 0 Å². The zero-order chi connectivity index (χ0) is 13.2. The summed E-state index contributed by atoms with van der Waals surface area (Å²) >= 11 is 5.85. The number of halogens is 1.